The predicted molar refractivity (Wildman–Crippen MR) is 85.5 cm³/mol. The summed E-state index contributed by atoms with van der Waals surface area (Å²) in [5.41, 5.74) is 3.58. The van der Waals surface area contributed by atoms with Crippen LogP contribution in [0.25, 0.3) is 0 Å². The van der Waals surface area contributed by atoms with Gasteiger partial charge >= 0.3 is 0 Å². The third-order valence-corrected chi connectivity index (χ3v) is 4.06. The second kappa shape index (κ2) is 6.61. The average molecular weight is 314 g/mol. The summed E-state index contributed by atoms with van der Waals surface area (Å²) in [5, 5.41) is 13.4. The van der Waals surface area contributed by atoms with Crippen LogP contribution in [0.3, 0.4) is 0 Å². The number of aromatic nitrogens is 2. The Kier molecular flexibility index (Phi) is 4.80. The molecular formula is C17H19FN4O. The Morgan fingerprint density at radius 1 is 1.43 bits per heavy atom. The summed E-state index contributed by atoms with van der Waals surface area (Å²) in [5.74, 6) is -0.622. The molecule has 0 aliphatic heterocycles. The topological polar surface area (TPSA) is 61.9 Å². The van der Waals surface area contributed by atoms with Crippen LogP contribution in [0.2, 0.25) is 0 Å². The first-order valence-corrected chi connectivity index (χ1v) is 7.30. The van der Waals surface area contributed by atoms with Crippen LogP contribution in [-0.4, -0.2) is 22.7 Å². The number of amides is 1. The normalized spacial score (nSPS) is 10.4. The summed E-state index contributed by atoms with van der Waals surface area (Å²) in [6, 6.07) is 5.75. The minimum Gasteiger partial charge on any atom is -0.314 e. The Morgan fingerprint density at radius 2 is 2.13 bits per heavy atom. The number of benzene rings is 1. The number of anilines is 1. The molecule has 0 atom stereocenters. The lowest BCUT2D eigenvalue weighted by Crippen LogP contribution is -2.27. The zero-order valence-corrected chi connectivity index (χ0v) is 13.7. The van der Waals surface area contributed by atoms with Crippen molar-refractivity contribution in [2.45, 2.75) is 26.7 Å². The molecule has 23 heavy (non-hydrogen) atoms. The molecule has 1 aromatic carbocycles. The lowest BCUT2D eigenvalue weighted by Gasteiger charge is -2.18. The van der Waals surface area contributed by atoms with Crippen molar-refractivity contribution in [1.29, 1.82) is 5.26 Å². The zero-order chi connectivity index (χ0) is 17.1. The molecular weight excluding hydrogens is 295 g/mol. The van der Waals surface area contributed by atoms with Crippen LogP contribution in [0.15, 0.2) is 18.2 Å². The van der Waals surface area contributed by atoms with Gasteiger partial charge in [-0.15, -0.1) is 0 Å². The van der Waals surface area contributed by atoms with Gasteiger partial charge in [-0.1, -0.05) is 0 Å². The fourth-order valence-electron chi connectivity index (χ4n) is 2.60. The summed E-state index contributed by atoms with van der Waals surface area (Å²) in [6.07, 6.45) is 0.879. The van der Waals surface area contributed by atoms with Crippen LogP contribution in [-0.2, 0) is 18.3 Å². The minimum absolute atomic E-state index is 0.129. The fourth-order valence-corrected chi connectivity index (χ4v) is 2.60. The molecule has 1 aromatic heterocycles. The summed E-state index contributed by atoms with van der Waals surface area (Å²) >= 11 is 0. The molecule has 120 valence electrons. The van der Waals surface area contributed by atoms with Crippen LogP contribution in [0.1, 0.15) is 28.9 Å². The molecule has 2 aromatic rings. The van der Waals surface area contributed by atoms with Crippen LogP contribution < -0.4 is 4.90 Å². The molecule has 0 bridgehead atoms. The van der Waals surface area contributed by atoms with Crippen molar-refractivity contribution in [3.63, 3.8) is 0 Å². The second-order valence-electron chi connectivity index (χ2n) is 5.50. The molecule has 0 aliphatic carbocycles. The van der Waals surface area contributed by atoms with Crippen molar-refractivity contribution in [2.75, 3.05) is 11.9 Å². The first-order valence-electron chi connectivity index (χ1n) is 7.30. The standard InChI is InChI=1S/C17H19FN4O/c1-11-15(12(2)22(4)20-11)6-8-17(23)21(3)16-7-5-14(18)9-13(16)10-19/h5,7,9H,6,8H2,1-4H3. The Labute approximate surface area is 134 Å². The largest absolute Gasteiger partial charge is 0.314 e. The van der Waals surface area contributed by atoms with E-state index in [-0.39, 0.29) is 11.5 Å². The van der Waals surface area contributed by atoms with Crippen LogP contribution in [0.5, 0.6) is 0 Å². The first-order chi connectivity index (χ1) is 10.8. The van der Waals surface area contributed by atoms with Gasteiger partial charge in [-0.3, -0.25) is 9.48 Å². The molecule has 2 rings (SSSR count). The van der Waals surface area contributed by atoms with Crippen molar-refractivity contribution in [2.24, 2.45) is 7.05 Å². The molecule has 0 saturated heterocycles. The number of halogens is 1. The number of nitrogens with zero attached hydrogens (tertiary/aromatic N) is 4. The predicted octanol–water partition coefficient (Wildman–Crippen LogP) is 2.64. The van der Waals surface area contributed by atoms with E-state index in [0.29, 0.717) is 18.5 Å². The van der Waals surface area contributed by atoms with Gasteiger partial charge in [0.25, 0.3) is 0 Å². The third-order valence-electron chi connectivity index (χ3n) is 4.06. The summed E-state index contributed by atoms with van der Waals surface area (Å²) < 4.78 is 15.0. The number of hydrogen-bond donors (Lipinski definition) is 0. The van der Waals surface area contributed by atoms with Crippen LogP contribution in [0, 0.1) is 31.0 Å². The molecule has 0 spiro atoms. The van der Waals surface area contributed by atoms with E-state index in [2.05, 4.69) is 5.10 Å². The van der Waals surface area contributed by atoms with E-state index in [1.807, 2.05) is 27.0 Å². The lowest BCUT2D eigenvalue weighted by molar-refractivity contribution is -0.118. The van der Waals surface area contributed by atoms with Gasteiger partial charge in [0.05, 0.1) is 16.9 Å². The highest BCUT2D eigenvalue weighted by atomic mass is 19.1. The number of nitriles is 1. The van der Waals surface area contributed by atoms with Gasteiger partial charge in [0.2, 0.25) is 5.91 Å². The van der Waals surface area contributed by atoms with Gasteiger partial charge < -0.3 is 4.90 Å². The van der Waals surface area contributed by atoms with Gasteiger partial charge in [-0.2, -0.15) is 10.4 Å². The van der Waals surface area contributed by atoms with Gasteiger partial charge in [0.1, 0.15) is 11.9 Å². The maximum atomic E-state index is 13.2. The Morgan fingerprint density at radius 3 is 2.70 bits per heavy atom. The van der Waals surface area contributed by atoms with E-state index in [1.165, 1.54) is 17.0 Å². The van der Waals surface area contributed by atoms with Crippen molar-refractivity contribution < 1.29 is 9.18 Å². The molecule has 0 N–H and O–H groups in total. The fraction of sp³-hybridized carbons (Fsp3) is 0.353. The van der Waals surface area contributed by atoms with Gasteiger partial charge in [-0.25, -0.2) is 4.39 Å². The molecule has 0 aliphatic rings. The molecule has 0 fully saturated rings. The van der Waals surface area contributed by atoms with Crippen molar-refractivity contribution >= 4 is 11.6 Å². The van der Waals surface area contributed by atoms with Crippen molar-refractivity contribution in [3.05, 3.63) is 46.5 Å². The molecule has 1 heterocycles. The molecule has 0 saturated carbocycles. The summed E-state index contributed by atoms with van der Waals surface area (Å²) in [4.78, 5) is 13.8. The Bertz CT molecular complexity index is 789. The van der Waals surface area contributed by atoms with E-state index < -0.39 is 5.82 Å². The zero-order valence-electron chi connectivity index (χ0n) is 13.7. The Balaban J connectivity index is 2.13. The van der Waals surface area contributed by atoms with Crippen molar-refractivity contribution in [3.8, 4) is 6.07 Å². The highest BCUT2D eigenvalue weighted by Crippen LogP contribution is 2.21. The maximum Gasteiger partial charge on any atom is 0.227 e. The molecule has 0 unspecified atom stereocenters. The van der Waals surface area contributed by atoms with Crippen LogP contribution in [0.4, 0.5) is 10.1 Å². The number of aryl methyl sites for hydroxylation is 2. The SMILES string of the molecule is Cc1nn(C)c(C)c1CCC(=O)N(C)c1ccc(F)cc1C#N. The van der Waals surface area contributed by atoms with Gasteiger partial charge in [0.15, 0.2) is 0 Å². The quantitative estimate of drug-likeness (QED) is 0.871. The number of rotatable bonds is 4. The molecule has 1 amide bonds. The highest BCUT2D eigenvalue weighted by molar-refractivity contribution is 5.94. The second-order valence-corrected chi connectivity index (χ2v) is 5.50. The summed E-state index contributed by atoms with van der Waals surface area (Å²) in [7, 11) is 3.47. The van der Waals surface area contributed by atoms with Crippen LogP contribution >= 0.6 is 0 Å². The molecule has 6 heteroatoms. The molecule has 5 nitrogen and oxygen atoms in total. The van der Waals surface area contributed by atoms with E-state index in [0.717, 1.165) is 23.0 Å². The van der Waals surface area contributed by atoms with E-state index in [9.17, 15) is 9.18 Å². The maximum absolute atomic E-state index is 13.2. The smallest absolute Gasteiger partial charge is 0.227 e. The third kappa shape index (κ3) is 3.39. The number of carbonyl (C=O) groups is 1. The van der Waals surface area contributed by atoms with Gasteiger partial charge in [-0.05, 0) is 44.0 Å². The number of carbonyl (C=O) groups excluding carboxylic acids is 1. The monoisotopic (exact) mass is 314 g/mol. The van der Waals surface area contributed by atoms with E-state index in [4.69, 9.17) is 5.26 Å². The highest BCUT2D eigenvalue weighted by Gasteiger charge is 2.17. The lowest BCUT2D eigenvalue weighted by atomic mass is 10.1. The van der Waals surface area contributed by atoms with E-state index >= 15 is 0 Å². The average Bonchev–Trinajstić information content (AvgIpc) is 2.77. The van der Waals surface area contributed by atoms with Crippen molar-refractivity contribution in [1.82, 2.24) is 9.78 Å². The Hall–Kier alpha value is -2.68. The summed E-state index contributed by atoms with van der Waals surface area (Å²) in [6.45, 7) is 3.89. The van der Waals surface area contributed by atoms with E-state index in [1.54, 1.807) is 11.7 Å². The number of hydrogen-bond acceptors (Lipinski definition) is 3. The molecule has 0 radical (unpaired) electrons. The minimum atomic E-state index is -0.493. The first kappa shape index (κ1) is 16.7. The van der Waals surface area contributed by atoms with Gasteiger partial charge in [0, 0.05) is 26.2 Å².